The van der Waals surface area contributed by atoms with Crippen molar-refractivity contribution in [3.05, 3.63) is 28.3 Å². The van der Waals surface area contributed by atoms with Crippen molar-refractivity contribution in [2.24, 2.45) is 0 Å². The van der Waals surface area contributed by atoms with E-state index in [2.05, 4.69) is 14.5 Å². The third-order valence-electron chi connectivity index (χ3n) is 4.98. The Morgan fingerprint density at radius 1 is 1.31 bits per heavy atom. The first-order valence-corrected chi connectivity index (χ1v) is 11.0. The highest BCUT2D eigenvalue weighted by Crippen LogP contribution is 2.37. The molecule has 0 atom stereocenters. The zero-order valence-electron chi connectivity index (χ0n) is 16.7. The molecular weight excluding hydrogens is 410 g/mol. The lowest BCUT2D eigenvalue weighted by Gasteiger charge is -2.29. The first-order chi connectivity index (χ1) is 14.1. The lowest BCUT2D eigenvalue weighted by molar-refractivity contribution is 0.0391. The smallest absolute Gasteiger partial charge is 0.273 e. The lowest BCUT2D eigenvalue weighted by atomic mass is 10.2. The molecule has 2 aromatic heterocycles. The van der Waals surface area contributed by atoms with Gasteiger partial charge in [0.25, 0.3) is 5.91 Å². The van der Waals surface area contributed by atoms with E-state index in [0.29, 0.717) is 28.0 Å². The van der Waals surface area contributed by atoms with Gasteiger partial charge in [0.05, 0.1) is 30.7 Å². The SMILES string of the molecule is COc1ccc(C)c2sc(N(CCN3CCOCC3)C(=O)c3snnc3C)nc12. The number of rotatable bonds is 6. The number of anilines is 1. The Labute approximate surface area is 177 Å². The van der Waals surface area contributed by atoms with Gasteiger partial charge in [-0.05, 0) is 37.0 Å². The fourth-order valence-electron chi connectivity index (χ4n) is 3.28. The zero-order valence-corrected chi connectivity index (χ0v) is 18.3. The molecule has 4 rings (SSSR count). The highest BCUT2D eigenvalue weighted by Gasteiger charge is 2.26. The van der Waals surface area contributed by atoms with Crippen LogP contribution in [-0.2, 0) is 4.74 Å². The number of nitrogens with zero attached hydrogens (tertiary/aromatic N) is 5. The van der Waals surface area contributed by atoms with Gasteiger partial charge in [-0.2, -0.15) is 0 Å². The predicted octanol–water partition coefficient (Wildman–Crippen LogP) is 2.75. The molecule has 0 unspecified atom stereocenters. The average molecular weight is 434 g/mol. The summed E-state index contributed by atoms with van der Waals surface area (Å²) in [5.41, 5.74) is 2.54. The van der Waals surface area contributed by atoms with Crippen LogP contribution in [0.15, 0.2) is 12.1 Å². The van der Waals surface area contributed by atoms with Crippen LogP contribution < -0.4 is 9.64 Å². The Balaban J connectivity index is 1.69. The molecule has 10 heteroatoms. The average Bonchev–Trinajstić information content (AvgIpc) is 3.36. The van der Waals surface area contributed by atoms with Crippen LogP contribution in [-0.4, -0.2) is 71.9 Å². The van der Waals surface area contributed by atoms with Gasteiger partial charge in [-0.3, -0.25) is 14.6 Å². The first-order valence-electron chi connectivity index (χ1n) is 9.43. The molecule has 0 aliphatic carbocycles. The number of aryl methyl sites for hydroxylation is 2. The maximum absolute atomic E-state index is 13.4. The van der Waals surface area contributed by atoms with Crippen molar-refractivity contribution in [1.29, 1.82) is 0 Å². The van der Waals surface area contributed by atoms with E-state index >= 15 is 0 Å². The molecule has 0 saturated carbocycles. The van der Waals surface area contributed by atoms with Crippen LogP contribution in [0.1, 0.15) is 20.9 Å². The van der Waals surface area contributed by atoms with Gasteiger partial charge in [-0.25, -0.2) is 4.98 Å². The van der Waals surface area contributed by atoms with Gasteiger partial charge >= 0.3 is 0 Å². The Kier molecular flexibility index (Phi) is 6.04. The molecule has 1 amide bonds. The topological polar surface area (TPSA) is 80.7 Å². The van der Waals surface area contributed by atoms with E-state index in [4.69, 9.17) is 14.5 Å². The van der Waals surface area contributed by atoms with Crippen LogP contribution >= 0.6 is 22.9 Å². The van der Waals surface area contributed by atoms with Crippen LogP contribution in [0, 0.1) is 13.8 Å². The van der Waals surface area contributed by atoms with E-state index in [1.54, 1.807) is 12.0 Å². The Morgan fingerprint density at radius 3 is 2.79 bits per heavy atom. The molecule has 0 radical (unpaired) electrons. The minimum Gasteiger partial charge on any atom is -0.494 e. The molecule has 1 saturated heterocycles. The maximum Gasteiger partial charge on any atom is 0.273 e. The number of hydrogen-bond donors (Lipinski definition) is 0. The molecule has 3 heterocycles. The minimum absolute atomic E-state index is 0.110. The van der Waals surface area contributed by atoms with E-state index in [0.717, 1.165) is 60.2 Å². The standard InChI is InChI=1S/C19H23N5O3S2/c1-12-4-5-14(26-3)15-16(12)28-19(20-15)24(7-6-23-8-10-27-11-9-23)18(25)17-13(2)21-22-29-17/h4-5H,6-11H2,1-3H3. The molecule has 0 bridgehead atoms. The molecule has 1 aliphatic rings. The predicted molar refractivity (Wildman–Crippen MR) is 114 cm³/mol. The van der Waals surface area contributed by atoms with Crippen LogP contribution in [0.5, 0.6) is 5.75 Å². The summed E-state index contributed by atoms with van der Waals surface area (Å²) >= 11 is 2.64. The van der Waals surface area contributed by atoms with Gasteiger partial charge in [0.15, 0.2) is 5.13 Å². The van der Waals surface area contributed by atoms with Gasteiger partial charge in [0.1, 0.15) is 16.1 Å². The normalized spacial score (nSPS) is 15.0. The number of carbonyl (C=O) groups excluding carboxylic acids is 1. The fourth-order valence-corrected chi connectivity index (χ4v) is 4.96. The van der Waals surface area contributed by atoms with Crippen molar-refractivity contribution in [2.75, 3.05) is 51.4 Å². The largest absolute Gasteiger partial charge is 0.494 e. The van der Waals surface area contributed by atoms with Crippen molar-refractivity contribution in [3.8, 4) is 5.75 Å². The number of fused-ring (bicyclic) bond motifs is 1. The van der Waals surface area contributed by atoms with Crippen LogP contribution in [0.3, 0.4) is 0 Å². The summed E-state index contributed by atoms with van der Waals surface area (Å²) in [6.07, 6.45) is 0. The van der Waals surface area contributed by atoms with E-state index in [1.165, 1.54) is 11.3 Å². The third-order valence-corrected chi connectivity index (χ3v) is 7.01. The highest BCUT2D eigenvalue weighted by molar-refractivity contribution is 7.22. The number of aromatic nitrogens is 3. The van der Waals surface area contributed by atoms with E-state index in [1.807, 2.05) is 26.0 Å². The van der Waals surface area contributed by atoms with Gasteiger partial charge in [0.2, 0.25) is 0 Å². The van der Waals surface area contributed by atoms with E-state index in [9.17, 15) is 4.79 Å². The number of methoxy groups -OCH3 is 1. The summed E-state index contributed by atoms with van der Waals surface area (Å²) in [4.78, 5) is 22.8. The first kappa shape index (κ1) is 20.1. The number of benzene rings is 1. The fraction of sp³-hybridized carbons (Fsp3) is 0.474. The summed E-state index contributed by atoms with van der Waals surface area (Å²) < 4.78 is 15.9. The minimum atomic E-state index is -0.110. The number of morpholine rings is 1. The monoisotopic (exact) mass is 433 g/mol. The Bertz CT molecular complexity index is 1010. The van der Waals surface area contributed by atoms with Crippen LogP contribution in [0.25, 0.3) is 10.2 Å². The zero-order chi connectivity index (χ0) is 20.4. The third kappa shape index (κ3) is 4.11. The summed E-state index contributed by atoms with van der Waals surface area (Å²) in [6.45, 7) is 8.34. The highest BCUT2D eigenvalue weighted by atomic mass is 32.1. The quantitative estimate of drug-likeness (QED) is 0.591. The Hall–Kier alpha value is -2.14. The van der Waals surface area contributed by atoms with Crippen molar-refractivity contribution in [3.63, 3.8) is 0 Å². The summed E-state index contributed by atoms with van der Waals surface area (Å²) in [5, 5.41) is 4.67. The molecule has 0 N–H and O–H groups in total. The van der Waals surface area contributed by atoms with Crippen molar-refractivity contribution >= 4 is 44.1 Å². The van der Waals surface area contributed by atoms with Gasteiger partial charge in [0, 0.05) is 26.2 Å². The number of thiazole rings is 1. The second-order valence-corrected chi connectivity index (χ2v) is 8.59. The van der Waals surface area contributed by atoms with Crippen LogP contribution in [0.2, 0.25) is 0 Å². The molecular formula is C19H23N5O3S2. The number of amides is 1. The second-order valence-electron chi connectivity index (χ2n) is 6.86. The molecule has 154 valence electrons. The number of carbonyl (C=O) groups is 1. The lowest BCUT2D eigenvalue weighted by Crippen LogP contribution is -2.43. The molecule has 3 aromatic rings. The number of ether oxygens (including phenoxy) is 2. The second kappa shape index (κ2) is 8.70. The molecule has 1 fully saturated rings. The molecule has 1 aliphatic heterocycles. The maximum atomic E-state index is 13.4. The molecule has 1 aromatic carbocycles. The van der Waals surface area contributed by atoms with E-state index < -0.39 is 0 Å². The summed E-state index contributed by atoms with van der Waals surface area (Å²) in [6, 6.07) is 3.93. The molecule has 29 heavy (non-hydrogen) atoms. The van der Waals surface area contributed by atoms with E-state index in [-0.39, 0.29) is 5.91 Å². The summed E-state index contributed by atoms with van der Waals surface area (Å²) in [7, 11) is 1.64. The van der Waals surface area contributed by atoms with Gasteiger partial charge in [-0.1, -0.05) is 21.9 Å². The van der Waals surface area contributed by atoms with Crippen molar-refractivity contribution in [1.82, 2.24) is 19.5 Å². The molecule has 0 spiro atoms. The molecule has 8 nitrogen and oxygen atoms in total. The summed E-state index contributed by atoms with van der Waals surface area (Å²) in [5.74, 6) is 0.603. The van der Waals surface area contributed by atoms with Gasteiger partial charge in [-0.15, -0.1) is 5.10 Å². The van der Waals surface area contributed by atoms with Crippen molar-refractivity contribution in [2.45, 2.75) is 13.8 Å². The Morgan fingerprint density at radius 2 is 2.10 bits per heavy atom. The van der Waals surface area contributed by atoms with Crippen LogP contribution in [0.4, 0.5) is 5.13 Å². The van der Waals surface area contributed by atoms with Crippen molar-refractivity contribution < 1.29 is 14.3 Å². The van der Waals surface area contributed by atoms with Gasteiger partial charge < -0.3 is 9.47 Å². The number of hydrogen-bond acceptors (Lipinski definition) is 9.